The molecule has 1 amide bonds. The van der Waals surface area contributed by atoms with Crippen molar-refractivity contribution in [2.75, 3.05) is 5.32 Å². The van der Waals surface area contributed by atoms with Gasteiger partial charge in [-0.1, -0.05) is 45.0 Å². The maximum atomic E-state index is 12.4. The van der Waals surface area contributed by atoms with E-state index in [0.29, 0.717) is 11.1 Å². The summed E-state index contributed by atoms with van der Waals surface area (Å²) in [5.41, 5.74) is 2.56. The summed E-state index contributed by atoms with van der Waals surface area (Å²) in [5.74, 6) is -0.160. The average Bonchev–Trinajstić information content (AvgIpc) is 2.60. The van der Waals surface area contributed by atoms with Crippen molar-refractivity contribution in [3.8, 4) is 11.1 Å². The Bertz CT molecular complexity index is 1130. The van der Waals surface area contributed by atoms with Crippen LogP contribution in [0.1, 0.15) is 26.3 Å². The molecule has 0 atom stereocenters. The molecule has 2 N–H and O–H groups in total. The summed E-state index contributed by atoms with van der Waals surface area (Å²) in [6.45, 7) is 7.36. The number of anilines is 1. The fourth-order valence-electron chi connectivity index (χ4n) is 2.75. The Kier molecular flexibility index (Phi) is 5.34. The van der Waals surface area contributed by atoms with Gasteiger partial charge in [0.2, 0.25) is 5.91 Å². The molecule has 144 valence electrons. The second-order valence-corrected chi connectivity index (χ2v) is 8.08. The van der Waals surface area contributed by atoms with Crippen molar-refractivity contribution >= 4 is 39.9 Å². The molecule has 3 rings (SSSR count). The third-order valence-corrected chi connectivity index (χ3v) is 4.53. The predicted molar refractivity (Wildman–Crippen MR) is 116 cm³/mol. The van der Waals surface area contributed by atoms with Crippen LogP contribution >= 0.6 is 12.2 Å². The molecule has 0 aliphatic rings. The lowest BCUT2D eigenvalue weighted by Gasteiger charge is -2.19. The average molecular weight is 394 g/mol. The highest BCUT2D eigenvalue weighted by Gasteiger charge is 2.22. The molecule has 1 heterocycles. The van der Waals surface area contributed by atoms with Crippen LogP contribution < -0.4 is 16.3 Å². The Labute approximate surface area is 168 Å². The fraction of sp³-hybridized carbons (Fsp3) is 0.227. The second-order valence-electron chi connectivity index (χ2n) is 7.67. The molecule has 5 nitrogen and oxygen atoms in total. The summed E-state index contributed by atoms with van der Waals surface area (Å²) < 4.78 is 5.43. The molecular weight excluding hydrogens is 372 g/mol. The van der Waals surface area contributed by atoms with E-state index in [4.69, 9.17) is 16.6 Å². The van der Waals surface area contributed by atoms with Gasteiger partial charge in [-0.3, -0.25) is 4.79 Å². The van der Waals surface area contributed by atoms with Gasteiger partial charge in [-0.15, -0.1) is 0 Å². The number of nitrogens with one attached hydrogen (secondary N) is 2. The third kappa shape index (κ3) is 4.28. The quantitative estimate of drug-likeness (QED) is 0.490. The summed E-state index contributed by atoms with van der Waals surface area (Å²) >= 11 is 5.22. The minimum absolute atomic E-state index is 0.160. The Morgan fingerprint density at radius 3 is 2.43 bits per heavy atom. The van der Waals surface area contributed by atoms with E-state index in [-0.39, 0.29) is 16.6 Å². The van der Waals surface area contributed by atoms with E-state index in [0.717, 1.165) is 22.2 Å². The van der Waals surface area contributed by atoms with E-state index in [1.54, 1.807) is 6.07 Å². The SMILES string of the molecule is Cc1cc(NC(=S)NC(=O)C(C)(C)C)ccc1-c1cc2ccccc2oc1=O. The first kappa shape index (κ1) is 19.8. The van der Waals surface area contributed by atoms with Gasteiger partial charge in [0, 0.05) is 16.5 Å². The van der Waals surface area contributed by atoms with Crippen LogP contribution in [0, 0.1) is 12.3 Å². The monoisotopic (exact) mass is 394 g/mol. The summed E-state index contributed by atoms with van der Waals surface area (Å²) in [7, 11) is 0. The minimum atomic E-state index is -0.532. The predicted octanol–water partition coefficient (Wildman–Crippen LogP) is 4.63. The van der Waals surface area contributed by atoms with Gasteiger partial charge in [-0.05, 0) is 54.5 Å². The van der Waals surface area contributed by atoms with E-state index in [1.807, 2.05) is 70.2 Å². The first-order chi connectivity index (χ1) is 13.1. The number of hydrogen-bond acceptors (Lipinski definition) is 4. The van der Waals surface area contributed by atoms with E-state index < -0.39 is 5.41 Å². The summed E-state index contributed by atoms with van der Waals surface area (Å²) in [6, 6.07) is 14.8. The van der Waals surface area contributed by atoms with Crippen molar-refractivity contribution in [2.45, 2.75) is 27.7 Å². The second kappa shape index (κ2) is 7.56. The summed E-state index contributed by atoms with van der Waals surface area (Å²) in [4.78, 5) is 24.4. The molecule has 2 aromatic carbocycles. The number of amides is 1. The normalized spacial score (nSPS) is 11.3. The van der Waals surface area contributed by atoms with Gasteiger partial charge in [-0.25, -0.2) is 4.79 Å². The van der Waals surface area contributed by atoms with Gasteiger partial charge in [0.25, 0.3) is 0 Å². The number of para-hydroxylation sites is 1. The molecule has 6 heteroatoms. The molecule has 0 fully saturated rings. The maximum absolute atomic E-state index is 12.4. The number of aryl methyl sites for hydroxylation is 1. The fourth-order valence-corrected chi connectivity index (χ4v) is 2.96. The highest BCUT2D eigenvalue weighted by molar-refractivity contribution is 7.80. The number of benzene rings is 2. The molecule has 1 aromatic heterocycles. The van der Waals surface area contributed by atoms with Gasteiger partial charge in [0.15, 0.2) is 5.11 Å². The van der Waals surface area contributed by atoms with Crippen LogP contribution in [0.15, 0.2) is 57.7 Å². The van der Waals surface area contributed by atoms with Gasteiger partial charge in [0.05, 0.1) is 5.56 Å². The zero-order valence-corrected chi connectivity index (χ0v) is 17.1. The van der Waals surface area contributed by atoms with Crippen molar-refractivity contribution in [1.29, 1.82) is 0 Å². The lowest BCUT2D eigenvalue weighted by atomic mass is 9.96. The number of fused-ring (bicyclic) bond motifs is 1. The van der Waals surface area contributed by atoms with Gasteiger partial charge in [0.1, 0.15) is 5.58 Å². The van der Waals surface area contributed by atoms with E-state index in [9.17, 15) is 9.59 Å². The first-order valence-corrected chi connectivity index (χ1v) is 9.32. The molecule has 0 saturated carbocycles. The number of hydrogen-bond donors (Lipinski definition) is 2. The minimum Gasteiger partial charge on any atom is -0.422 e. The molecular formula is C22H22N2O3S. The first-order valence-electron chi connectivity index (χ1n) is 8.91. The molecule has 0 radical (unpaired) electrons. The van der Waals surface area contributed by atoms with Crippen molar-refractivity contribution < 1.29 is 9.21 Å². The summed E-state index contributed by atoms with van der Waals surface area (Å²) in [5, 5.41) is 6.79. The lowest BCUT2D eigenvalue weighted by Crippen LogP contribution is -2.41. The van der Waals surface area contributed by atoms with Crippen molar-refractivity contribution in [3.05, 3.63) is 64.5 Å². The number of carbonyl (C=O) groups excluding carboxylic acids is 1. The zero-order valence-electron chi connectivity index (χ0n) is 16.3. The highest BCUT2D eigenvalue weighted by atomic mass is 32.1. The molecule has 0 unspecified atom stereocenters. The van der Waals surface area contributed by atoms with E-state index in [2.05, 4.69) is 10.6 Å². The largest absolute Gasteiger partial charge is 0.422 e. The smallest absolute Gasteiger partial charge is 0.344 e. The maximum Gasteiger partial charge on any atom is 0.344 e. The van der Waals surface area contributed by atoms with Crippen LogP contribution in [0.25, 0.3) is 22.1 Å². The van der Waals surface area contributed by atoms with Crippen LogP contribution in [0.2, 0.25) is 0 Å². The molecule has 0 bridgehead atoms. The van der Waals surface area contributed by atoms with E-state index in [1.165, 1.54) is 0 Å². The lowest BCUT2D eigenvalue weighted by molar-refractivity contribution is -0.126. The molecule has 0 spiro atoms. The van der Waals surface area contributed by atoms with Crippen molar-refractivity contribution in [3.63, 3.8) is 0 Å². The van der Waals surface area contributed by atoms with Crippen molar-refractivity contribution in [2.24, 2.45) is 5.41 Å². The van der Waals surface area contributed by atoms with Crippen LogP contribution in [0.5, 0.6) is 0 Å². The Morgan fingerprint density at radius 2 is 1.75 bits per heavy atom. The Hall–Kier alpha value is -2.99. The van der Waals surface area contributed by atoms with Crippen LogP contribution in [-0.4, -0.2) is 11.0 Å². The highest BCUT2D eigenvalue weighted by Crippen LogP contribution is 2.26. The Balaban J connectivity index is 1.85. The van der Waals surface area contributed by atoms with Crippen LogP contribution in [0.4, 0.5) is 5.69 Å². The van der Waals surface area contributed by atoms with E-state index >= 15 is 0 Å². The van der Waals surface area contributed by atoms with Crippen LogP contribution in [-0.2, 0) is 4.79 Å². The number of thiocarbonyl (C=S) groups is 1. The number of carbonyl (C=O) groups is 1. The standard InChI is InChI=1S/C22H22N2O3S/c1-13-11-15(23-21(28)24-20(26)22(2,3)4)9-10-16(13)17-12-14-7-5-6-8-18(14)27-19(17)25/h5-12H,1-4H3,(H2,23,24,26,28). The van der Waals surface area contributed by atoms with Gasteiger partial charge >= 0.3 is 5.63 Å². The van der Waals surface area contributed by atoms with Crippen LogP contribution in [0.3, 0.4) is 0 Å². The van der Waals surface area contributed by atoms with Gasteiger partial charge < -0.3 is 15.1 Å². The molecule has 3 aromatic rings. The molecule has 0 aliphatic heterocycles. The summed E-state index contributed by atoms with van der Waals surface area (Å²) in [6.07, 6.45) is 0. The van der Waals surface area contributed by atoms with Gasteiger partial charge in [-0.2, -0.15) is 0 Å². The molecule has 0 saturated heterocycles. The topological polar surface area (TPSA) is 71.3 Å². The Morgan fingerprint density at radius 1 is 1.04 bits per heavy atom. The number of rotatable bonds is 2. The zero-order chi connectivity index (χ0) is 20.5. The van der Waals surface area contributed by atoms with Crippen molar-refractivity contribution in [1.82, 2.24) is 5.32 Å². The molecule has 0 aliphatic carbocycles. The third-order valence-electron chi connectivity index (χ3n) is 4.32. The molecule has 28 heavy (non-hydrogen) atoms.